The Morgan fingerprint density at radius 2 is 1.95 bits per heavy atom. The Kier molecular flexibility index (Phi) is 5.70. The molecule has 0 spiro atoms. The summed E-state index contributed by atoms with van der Waals surface area (Å²) in [5.74, 6) is -0.169. The summed E-state index contributed by atoms with van der Waals surface area (Å²) in [5.41, 5.74) is 5.89. The van der Waals surface area contributed by atoms with Gasteiger partial charge in [0.05, 0.1) is 5.02 Å². The fourth-order valence-corrected chi connectivity index (χ4v) is 3.11. The molecule has 2 aromatic rings. The van der Waals surface area contributed by atoms with Gasteiger partial charge in [0.2, 0.25) is 5.95 Å². The number of nitrogens with two attached hydrogens (primary N) is 1. The minimum absolute atomic E-state index is 0. The van der Waals surface area contributed by atoms with Gasteiger partial charge in [0.25, 0.3) is 16.0 Å². The Morgan fingerprint density at radius 1 is 1.30 bits per heavy atom. The quantitative estimate of drug-likeness (QED) is 0.728. The standard InChI is InChI=1S/C9H9Cl2N5O2S.Na/c1-4-2-7(6(11)3-5(4)10)19(17,18)16-9-13-8(12)14-15-9;/h2-3H,1H3,(H4,12,13,14,15,16);. The fourth-order valence-electron chi connectivity index (χ4n) is 1.33. The number of nitrogen functional groups attached to an aromatic ring is 1. The number of rotatable bonds is 3. The van der Waals surface area contributed by atoms with Crippen molar-refractivity contribution in [3.8, 4) is 0 Å². The normalized spacial score (nSPS) is 10.9. The molecule has 2 rings (SSSR count). The number of anilines is 2. The Bertz CT molecular complexity index is 734. The summed E-state index contributed by atoms with van der Waals surface area (Å²) in [5, 5.41) is 6.28. The monoisotopic (exact) mass is 344 g/mol. The van der Waals surface area contributed by atoms with Gasteiger partial charge >= 0.3 is 0 Å². The molecule has 1 heterocycles. The Balaban J connectivity index is 0.00000200. The van der Waals surface area contributed by atoms with Crippen molar-refractivity contribution < 1.29 is 8.42 Å². The van der Waals surface area contributed by atoms with Gasteiger partial charge in [-0.05, 0) is 24.6 Å². The molecular formula is C9H9Cl2N5NaO2S. The minimum Gasteiger partial charge on any atom is -0.368 e. The van der Waals surface area contributed by atoms with Crippen molar-refractivity contribution in [1.82, 2.24) is 15.2 Å². The van der Waals surface area contributed by atoms with Crippen LogP contribution in [0.5, 0.6) is 0 Å². The molecule has 1 aromatic heterocycles. The fraction of sp³-hybridized carbons (Fsp3) is 0.111. The molecule has 0 aliphatic rings. The van der Waals surface area contributed by atoms with Gasteiger partial charge in [0.1, 0.15) is 4.90 Å². The van der Waals surface area contributed by atoms with Crippen molar-refractivity contribution in [2.24, 2.45) is 0 Å². The third kappa shape index (κ3) is 3.78. The molecule has 7 nitrogen and oxygen atoms in total. The molecule has 0 unspecified atom stereocenters. The van der Waals surface area contributed by atoms with Gasteiger partial charge in [0, 0.05) is 34.6 Å². The van der Waals surface area contributed by atoms with Crippen LogP contribution in [0.2, 0.25) is 10.0 Å². The number of aryl methyl sites for hydroxylation is 1. The number of aromatic amines is 1. The van der Waals surface area contributed by atoms with Crippen molar-refractivity contribution in [3.63, 3.8) is 0 Å². The van der Waals surface area contributed by atoms with E-state index in [4.69, 9.17) is 28.9 Å². The van der Waals surface area contributed by atoms with Gasteiger partial charge in [-0.2, -0.15) is 4.98 Å². The number of H-pyrrole nitrogens is 1. The van der Waals surface area contributed by atoms with Crippen LogP contribution >= 0.6 is 23.2 Å². The molecule has 0 fully saturated rings. The largest absolute Gasteiger partial charge is 0.368 e. The van der Waals surface area contributed by atoms with E-state index in [1.165, 1.54) is 12.1 Å². The van der Waals surface area contributed by atoms with Crippen molar-refractivity contribution in [1.29, 1.82) is 0 Å². The topological polar surface area (TPSA) is 114 Å². The zero-order valence-corrected chi connectivity index (χ0v) is 14.9. The Hall–Kier alpha value is -0.510. The summed E-state index contributed by atoms with van der Waals surface area (Å²) in [6.45, 7) is 1.67. The second-order valence-corrected chi connectivity index (χ2v) is 6.15. The van der Waals surface area contributed by atoms with Gasteiger partial charge in [-0.15, -0.1) is 5.10 Å². The molecule has 0 aliphatic heterocycles. The average Bonchev–Trinajstić information content (AvgIpc) is 2.68. The number of benzene rings is 1. The maximum Gasteiger partial charge on any atom is 0.265 e. The molecule has 0 amide bonds. The van der Waals surface area contributed by atoms with Crippen molar-refractivity contribution in [2.45, 2.75) is 11.8 Å². The van der Waals surface area contributed by atoms with Crippen molar-refractivity contribution in [2.75, 3.05) is 10.5 Å². The summed E-state index contributed by atoms with van der Waals surface area (Å²) in [6, 6.07) is 2.72. The first-order valence-electron chi connectivity index (χ1n) is 4.96. The molecule has 0 aliphatic carbocycles. The summed E-state index contributed by atoms with van der Waals surface area (Å²) in [7, 11) is -3.91. The molecule has 0 bridgehead atoms. The predicted octanol–water partition coefficient (Wildman–Crippen LogP) is 1.42. The summed E-state index contributed by atoms with van der Waals surface area (Å²) in [6.07, 6.45) is 0. The average molecular weight is 345 g/mol. The summed E-state index contributed by atoms with van der Waals surface area (Å²) in [4.78, 5) is 3.53. The minimum atomic E-state index is -3.91. The molecule has 0 atom stereocenters. The number of hydrogen-bond donors (Lipinski definition) is 3. The number of aromatic nitrogens is 3. The first-order chi connectivity index (χ1) is 8.79. The van der Waals surface area contributed by atoms with Crippen LogP contribution < -0.4 is 10.5 Å². The van der Waals surface area contributed by atoms with Crippen molar-refractivity contribution in [3.05, 3.63) is 27.7 Å². The molecule has 1 aromatic carbocycles. The van der Waals surface area contributed by atoms with Gasteiger partial charge in [-0.25, -0.2) is 18.2 Å². The van der Waals surface area contributed by atoms with Crippen LogP contribution in [0.4, 0.5) is 11.9 Å². The van der Waals surface area contributed by atoms with Crippen LogP contribution in [0.25, 0.3) is 0 Å². The second-order valence-electron chi connectivity index (χ2n) is 3.68. The van der Waals surface area contributed by atoms with E-state index in [1.807, 2.05) is 0 Å². The van der Waals surface area contributed by atoms with Crippen LogP contribution in [0, 0.1) is 6.92 Å². The van der Waals surface area contributed by atoms with E-state index in [2.05, 4.69) is 19.9 Å². The van der Waals surface area contributed by atoms with E-state index in [-0.39, 0.29) is 51.4 Å². The third-order valence-electron chi connectivity index (χ3n) is 2.23. The number of nitrogens with one attached hydrogen (secondary N) is 2. The molecule has 0 saturated carbocycles. The van der Waals surface area contributed by atoms with E-state index in [0.29, 0.717) is 10.6 Å². The zero-order valence-electron chi connectivity index (χ0n) is 10.6. The molecule has 0 saturated heterocycles. The van der Waals surface area contributed by atoms with Crippen LogP contribution in [-0.4, -0.2) is 53.2 Å². The first-order valence-corrected chi connectivity index (χ1v) is 7.20. The van der Waals surface area contributed by atoms with Gasteiger partial charge < -0.3 is 5.73 Å². The van der Waals surface area contributed by atoms with Gasteiger partial charge in [0.15, 0.2) is 0 Å². The summed E-state index contributed by atoms with van der Waals surface area (Å²) < 4.78 is 26.4. The second kappa shape index (κ2) is 6.50. The number of sulfonamides is 1. The molecule has 4 N–H and O–H groups in total. The smallest absolute Gasteiger partial charge is 0.265 e. The third-order valence-corrected chi connectivity index (χ3v) is 4.43. The van der Waals surface area contributed by atoms with E-state index in [9.17, 15) is 8.42 Å². The van der Waals surface area contributed by atoms with E-state index in [1.54, 1.807) is 6.92 Å². The Labute approximate surface area is 147 Å². The van der Waals surface area contributed by atoms with Crippen molar-refractivity contribution >= 4 is 74.7 Å². The van der Waals surface area contributed by atoms with Gasteiger partial charge in [-0.3, -0.25) is 0 Å². The maximum absolute atomic E-state index is 12.1. The summed E-state index contributed by atoms with van der Waals surface area (Å²) >= 11 is 11.7. The van der Waals surface area contributed by atoms with Crippen LogP contribution in [0.3, 0.4) is 0 Å². The molecule has 103 valence electrons. The van der Waals surface area contributed by atoms with Gasteiger partial charge in [-0.1, -0.05) is 23.2 Å². The van der Waals surface area contributed by atoms with E-state index in [0.717, 1.165) is 0 Å². The van der Waals surface area contributed by atoms with E-state index < -0.39 is 10.0 Å². The maximum atomic E-state index is 12.1. The molecule has 1 radical (unpaired) electrons. The first kappa shape index (κ1) is 17.5. The number of halogens is 2. The van der Waals surface area contributed by atoms with Crippen LogP contribution in [0.1, 0.15) is 5.56 Å². The predicted molar refractivity (Wildman–Crippen MR) is 78.6 cm³/mol. The van der Waals surface area contributed by atoms with E-state index >= 15 is 0 Å². The number of nitrogens with zero attached hydrogens (tertiary/aromatic N) is 2. The molecule has 20 heavy (non-hydrogen) atoms. The molecule has 11 heteroatoms. The number of hydrogen-bond acceptors (Lipinski definition) is 5. The molecular weight excluding hydrogens is 336 g/mol. The van der Waals surface area contributed by atoms with Crippen LogP contribution in [-0.2, 0) is 10.0 Å². The SMILES string of the molecule is Cc1cc(S(=O)(=O)Nc2n[nH]c(N)n2)c(Cl)cc1Cl.[Na]. The zero-order chi connectivity index (χ0) is 14.2. The van der Waals surface area contributed by atoms with Crippen LogP contribution in [0.15, 0.2) is 17.0 Å². The Morgan fingerprint density at radius 3 is 2.50 bits per heavy atom.